The van der Waals surface area contributed by atoms with E-state index in [0.717, 1.165) is 36.3 Å². The van der Waals surface area contributed by atoms with Gasteiger partial charge in [-0.25, -0.2) is 4.79 Å². The lowest BCUT2D eigenvalue weighted by atomic mass is 10.1. The van der Waals surface area contributed by atoms with Crippen molar-refractivity contribution in [2.75, 3.05) is 19.6 Å². The molecule has 2 fully saturated rings. The zero-order valence-electron chi connectivity index (χ0n) is 13.0. The van der Waals surface area contributed by atoms with Gasteiger partial charge in [0.1, 0.15) is 12.3 Å². The largest absolute Gasteiger partial charge is 0.467 e. The Morgan fingerprint density at radius 2 is 2.17 bits per heavy atom. The van der Waals surface area contributed by atoms with Gasteiger partial charge in [-0.1, -0.05) is 12.8 Å². The zero-order valence-corrected chi connectivity index (χ0v) is 13.0. The second-order valence-electron chi connectivity index (χ2n) is 5.93. The number of carbonyl (C=O) groups excluding carboxylic acids is 3. The molecular formula is C16H21N3O4. The van der Waals surface area contributed by atoms with E-state index in [0.29, 0.717) is 13.1 Å². The summed E-state index contributed by atoms with van der Waals surface area (Å²) in [6.07, 6.45) is 5.68. The van der Waals surface area contributed by atoms with E-state index in [-0.39, 0.29) is 30.8 Å². The van der Waals surface area contributed by atoms with Crippen LogP contribution in [0.15, 0.2) is 22.8 Å². The summed E-state index contributed by atoms with van der Waals surface area (Å²) in [4.78, 5) is 39.2. The Balaban J connectivity index is 1.75. The summed E-state index contributed by atoms with van der Waals surface area (Å²) in [6, 6.07) is 3.07. The van der Waals surface area contributed by atoms with E-state index in [1.165, 1.54) is 0 Å². The maximum atomic E-state index is 12.7. The first-order valence-electron chi connectivity index (χ1n) is 8.08. The standard InChI is InChI=1S/C16H21N3O4/c20-14-7-8-17-16(22)19(14)11-15(21)18-9-3-1-2-5-12(18)13-6-4-10-23-13/h4,6,10,12H,1-3,5,7-9,11H2,(H,17,22). The van der Waals surface area contributed by atoms with Gasteiger partial charge in [0.05, 0.1) is 12.3 Å². The minimum Gasteiger partial charge on any atom is -0.467 e. The number of hydrogen-bond donors (Lipinski definition) is 1. The Morgan fingerprint density at radius 1 is 1.30 bits per heavy atom. The summed E-state index contributed by atoms with van der Waals surface area (Å²) in [5.74, 6) is 0.250. The first kappa shape index (κ1) is 15.6. The molecule has 0 aliphatic carbocycles. The van der Waals surface area contributed by atoms with Crippen molar-refractivity contribution in [1.82, 2.24) is 15.1 Å². The van der Waals surface area contributed by atoms with Crippen LogP contribution in [0, 0.1) is 0 Å². The van der Waals surface area contributed by atoms with Crippen molar-refractivity contribution in [1.29, 1.82) is 0 Å². The van der Waals surface area contributed by atoms with E-state index in [1.807, 2.05) is 12.1 Å². The predicted octanol–water partition coefficient (Wildman–Crippen LogP) is 1.67. The van der Waals surface area contributed by atoms with Crippen LogP contribution in [0.4, 0.5) is 4.79 Å². The summed E-state index contributed by atoms with van der Waals surface area (Å²) < 4.78 is 5.49. The summed E-state index contributed by atoms with van der Waals surface area (Å²) >= 11 is 0. The Kier molecular flexibility index (Phi) is 4.64. The summed E-state index contributed by atoms with van der Waals surface area (Å²) in [5, 5.41) is 2.60. The molecule has 3 heterocycles. The van der Waals surface area contributed by atoms with Crippen LogP contribution in [-0.4, -0.2) is 47.3 Å². The highest BCUT2D eigenvalue weighted by molar-refractivity contribution is 6.00. The first-order valence-corrected chi connectivity index (χ1v) is 8.08. The third-order valence-electron chi connectivity index (χ3n) is 4.40. The minimum atomic E-state index is -0.487. The number of nitrogens with one attached hydrogen (secondary N) is 1. The molecule has 0 aromatic carbocycles. The average Bonchev–Trinajstić information content (AvgIpc) is 2.95. The van der Waals surface area contributed by atoms with Crippen molar-refractivity contribution in [2.24, 2.45) is 0 Å². The van der Waals surface area contributed by atoms with Crippen LogP contribution in [0.5, 0.6) is 0 Å². The van der Waals surface area contributed by atoms with Gasteiger partial charge in [0.2, 0.25) is 11.8 Å². The molecule has 1 atom stereocenters. The van der Waals surface area contributed by atoms with E-state index < -0.39 is 6.03 Å². The van der Waals surface area contributed by atoms with Gasteiger partial charge in [0, 0.05) is 19.5 Å². The molecule has 3 rings (SSSR count). The Bertz CT molecular complexity index is 568. The number of likely N-dealkylation sites (tertiary alicyclic amines) is 1. The monoisotopic (exact) mass is 319 g/mol. The van der Waals surface area contributed by atoms with Crippen LogP contribution < -0.4 is 5.32 Å². The maximum Gasteiger partial charge on any atom is 0.324 e. The lowest BCUT2D eigenvalue weighted by Gasteiger charge is -2.32. The molecule has 0 spiro atoms. The fourth-order valence-corrected chi connectivity index (χ4v) is 3.19. The fraction of sp³-hybridized carbons (Fsp3) is 0.562. The maximum absolute atomic E-state index is 12.7. The topological polar surface area (TPSA) is 82.9 Å². The summed E-state index contributed by atoms with van der Waals surface area (Å²) in [7, 11) is 0. The molecule has 2 aliphatic heterocycles. The van der Waals surface area contributed by atoms with Crippen LogP contribution in [0.2, 0.25) is 0 Å². The highest BCUT2D eigenvalue weighted by atomic mass is 16.3. The van der Waals surface area contributed by atoms with Gasteiger partial charge in [-0.2, -0.15) is 0 Å². The number of carbonyl (C=O) groups is 3. The molecule has 1 unspecified atom stereocenters. The number of amides is 4. The second-order valence-corrected chi connectivity index (χ2v) is 5.93. The molecule has 0 bridgehead atoms. The molecule has 1 aromatic rings. The molecule has 23 heavy (non-hydrogen) atoms. The van der Waals surface area contributed by atoms with E-state index in [9.17, 15) is 14.4 Å². The van der Waals surface area contributed by atoms with E-state index in [4.69, 9.17) is 4.42 Å². The van der Waals surface area contributed by atoms with Crippen molar-refractivity contribution in [3.63, 3.8) is 0 Å². The third-order valence-corrected chi connectivity index (χ3v) is 4.40. The van der Waals surface area contributed by atoms with Crippen molar-refractivity contribution >= 4 is 17.8 Å². The zero-order chi connectivity index (χ0) is 16.2. The number of imide groups is 1. The third kappa shape index (κ3) is 3.38. The van der Waals surface area contributed by atoms with Crippen molar-refractivity contribution in [3.05, 3.63) is 24.2 Å². The average molecular weight is 319 g/mol. The molecule has 2 aliphatic rings. The normalized spacial score (nSPS) is 22.7. The van der Waals surface area contributed by atoms with Gasteiger partial charge < -0.3 is 14.6 Å². The molecule has 0 saturated carbocycles. The van der Waals surface area contributed by atoms with Gasteiger partial charge in [0.15, 0.2) is 0 Å². The van der Waals surface area contributed by atoms with Gasteiger partial charge in [-0.3, -0.25) is 14.5 Å². The Labute approximate surface area is 134 Å². The summed E-state index contributed by atoms with van der Waals surface area (Å²) in [6.45, 7) is 0.747. The number of furan rings is 1. The molecule has 1 aromatic heterocycles. The number of hydrogen-bond acceptors (Lipinski definition) is 4. The van der Waals surface area contributed by atoms with Crippen LogP contribution in [0.3, 0.4) is 0 Å². The van der Waals surface area contributed by atoms with E-state index >= 15 is 0 Å². The van der Waals surface area contributed by atoms with Crippen LogP contribution >= 0.6 is 0 Å². The van der Waals surface area contributed by atoms with Crippen molar-refractivity contribution in [2.45, 2.75) is 38.1 Å². The van der Waals surface area contributed by atoms with Crippen LogP contribution in [0.1, 0.15) is 43.9 Å². The molecular weight excluding hydrogens is 298 g/mol. The number of rotatable bonds is 3. The van der Waals surface area contributed by atoms with Gasteiger partial charge in [0.25, 0.3) is 0 Å². The smallest absolute Gasteiger partial charge is 0.324 e. The highest BCUT2D eigenvalue weighted by Gasteiger charge is 2.33. The lowest BCUT2D eigenvalue weighted by molar-refractivity contribution is -0.140. The van der Waals surface area contributed by atoms with Gasteiger partial charge >= 0.3 is 6.03 Å². The number of urea groups is 1. The lowest BCUT2D eigenvalue weighted by Crippen LogP contribution is -2.53. The molecule has 2 saturated heterocycles. The van der Waals surface area contributed by atoms with E-state index in [1.54, 1.807) is 11.2 Å². The van der Waals surface area contributed by atoms with Gasteiger partial charge in [-0.15, -0.1) is 0 Å². The Hall–Kier alpha value is -2.31. The molecule has 7 heteroatoms. The van der Waals surface area contributed by atoms with Gasteiger partial charge in [-0.05, 0) is 25.0 Å². The molecule has 0 radical (unpaired) electrons. The molecule has 4 amide bonds. The highest BCUT2D eigenvalue weighted by Crippen LogP contribution is 2.30. The van der Waals surface area contributed by atoms with E-state index in [2.05, 4.69) is 5.32 Å². The first-order chi connectivity index (χ1) is 11.2. The van der Waals surface area contributed by atoms with Crippen molar-refractivity contribution < 1.29 is 18.8 Å². The quantitative estimate of drug-likeness (QED) is 0.918. The minimum absolute atomic E-state index is 0.122. The predicted molar refractivity (Wildman–Crippen MR) is 81.4 cm³/mol. The molecule has 7 nitrogen and oxygen atoms in total. The SMILES string of the molecule is O=C1CCNC(=O)N1CC(=O)N1CCCCCC1c1ccco1. The Morgan fingerprint density at radius 3 is 2.91 bits per heavy atom. The molecule has 1 N–H and O–H groups in total. The molecule has 124 valence electrons. The summed E-state index contributed by atoms with van der Waals surface area (Å²) in [5.41, 5.74) is 0. The van der Waals surface area contributed by atoms with Crippen LogP contribution in [-0.2, 0) is 9.59 Å². The number of nitrogens with zero attached hydrogens (tertiary/aromatic N) is 2. The van der Waals surface area contributed by atoms with Crippen LogP contribution in [0.25, 0.3) is 0 Å². The van der Waals surface area contributed by atoms with Crippen molar-refractivity contribution in [3.8, 4) is 0 Å². The fourth-order valence-electron chi connectivity index (χ4n) is 3.19. The second kappa shape index (κ2) is 6.85.